The first-order chi connectivity index (χ1) is 11.0. The molecule has 2 heterocycles. The molecule has 0 aromatic heterocycles. The number of carboxylic acids is 1. The Hall–Kier alpha value is -2.54. The van der Waals surface area contributed by atoms with Gasteiger partial charge in [0.1, 0.15) is 5.92 Å². The van der Waals surface area contributed by atoms with E-state index in [4.69, 9.17) is 14.2 Å². The summed E-state index contributed by atoms with van der Waals surface area (Å²) in [5, 5.41) is 12.1. The second-order valence-corrected chi connectivity index (χ2v) is 5.40. The Morgan fingerprint density at radius 3 is 2.35 bits per heavy atom. The van der Waals surface area contributed by atoms with Crippen LogP contribution < -0.4 is 14.8 Å². The number of nitrogens with one attached hydrogen (secondary N) is 1. The molecule has 1 amide bonds. The summed E-state index contributed by atoms with van der Waals surface area (Å²) >= 11 is 0. The summed E-state index contributed by atoms with van der Waals surface area (Å²) in [6.07, 6.45) is 2.40. The van der Waals surface area contributed by atoms with Crippen molar-refractivity contribution in [1.82, 2.24) is 0 Å². The van der Waals surface area contributed by atoms with Crippen LogP contribution in [0.1, 0.15) is 0 Å². The zero-order valence-electron chi connectivity index (χ0n) is 12.7. The zero-order valence-corrected chi connectivity index (χ0v) is 12.7. The number of rotatable bonds is 5. The number of carbonyl (C=O) groups excluding carboxylic acids is 1. The fraction of sp³-hybridized carbons (Fsp3) is 0.375. The first-order valence-electron chi connectivity index (χ1n) is 7.14. The third-order valence-corrected chi connectivity index (χ3v) is 4.14. The average Bonchev–Trinajstić information content (AvgIpc) is 3.15. The monoisotopic (exact) mass is 319 g/mol. The van der Waals surface area contributed by atoms with Crippen molar-refractivity contribution in [2.24, 2.45) is 11.8 Å². The van der Waals surface area contributed by atoms with Gasteiger partial charge in [0, 0.05) is 11.8 Å². The van der Waals surface area contributed by atoms with E-state index in [0.29, 0.717) is 17.2 Å². The lowest BCUT2D eigenvalue weighted by molar-refractivity contribution is -0.145. The minimum atomic E-state index is -1.03. The van der Waals surface area contributed by atoms with Gasteiger partial charge in [-0.1, -0.05) is 12.2 Å². The first-order valence-corrected chi connectivity index (χ1v) is 7.14. The molecule has 2 bridgehead atoms. The number of anilines is 1. The lowest BCUT2D eigenvalue weighted by Crippen LogP contribution is -2.39. The van der Waals surface area contributed by atoms with Crippen LogP contribution >= 0.6 is 0 Å². The maximum atomic E-state index is 12.5. The zero-order chi connectivity index (χ0) is 16.6. The fourth-order valence-electron chi connectivity index (χ4n) is 3.05. The van der Waals surface area contributed by atoms with Gasteiger partial charge >= 0.3 is 5.97 Å². The smallest absolute Gasteiger partial charge is 0.310 e. The van der Waals surface area contributed by atoms with Crippen LogP contribution in [0.5, 0.6) is 11.5 Å². The van der Waals surface area contributed by atoms with Gasteiger partial charge < -0.3 is 24.6 Å². The molecule has 3 rings (SSSR count). The van der Waals surface area contributed by atoms with Crippen molar-refractivity contribution in [1.29, 1.82) is 0 Å². The Morgan fingerprint density at radius 2 is 1.74 bits per heavy atom. The van der Waals surface area contributed by atoms with Crippen LogP contribution in [0.4, 0.5) is 5.69 Å². The van der Waals surface area contributed by atoms with Crippen molar-refractivity contribution in [2.45, 2.75) is 12.2 Å². The van der Waals surface area contributed by atoms with Crippen LogP contribution in [-0.2, 0) is 14.3 Å². The summed E-state index contributed by atoms with van der Waals surface area (Å²) in [6, 6.07) is 4.95. The molecule has 1 fully saturated rings. The van der Waals surface area contributed by atoms with Crippen molar-refractivity contribution < 1.29 is 28.9 Å². The molecule has 1 saturated heterocycles. The second-order valence-electron chi connectivity index (χ2n) is 5.40. The van der Waals surface area contributed by atoms with Gasteiger partial charge in [0.15, 0.2) is 11.5 Å². The van der Waals surface area contributed by atoms with E-state index >= 15 is 0 Å². The molecule has 4 atom stereocenters. The van der Waals surface area contributed by atoms with Crippen molar-refractivity contribution in [3.63, 3.8) is 0 Å². The van der Waals surface area contributed by atoms with Gasteiger partial charge in [-0.3, -0.25) is 9.59 Å². The second kappa shape index (κ2) is 5.92. The SMILES string of the molecule is COc1ccc(NC(=O)[C@H]2[C@H](C(=O)O)[C@H]3C=C[C@H]2O3)cc1OC. The van der Waals surface area contributed by atoms with Crippen LogP contribution in [0.25, 0.3) is 0 Å². The molecular formula is C16H17NO6. The van der Waals surface area contributed by atoms with Crippen LogP contribution in [0, 0.1) is 11.8 Å². The van der Waals surface area contributed by atoms with Crippen molar-refractivity contribution in [2.75, 3.05) is 19.5 Å². The summed E-state index contributed by atoms with van der Waals surface area (Å²) in [5.41, 5.74) is 0.503. The van der Waals surface area contributed by atoms with Gasteiger partial charge in [-0.15, -0.1) is 0 Å². The normalized spacial score (nSPS) is 27.7. The number of methoxy groups -OCH3 is 2. The Balaban J connectivity index is 1.79. The lowest BCUT2D eigenvalue weighted by Gasteiger charge is -2.21. The molecule has 1 aromatic carbocycles. The standard InChI is InChI=1S/C16H17NO6/c1-21-9-4-3-8(7-12(9)22-2)17-15(18)13-10-5-6-11(23-10)14(13)16(19)20/h3-7,10-11,13-14H,1-2H3,(H,17,18)(H,19,20)/t10-,11-,13-,14-/m1/s1. The minimum Gasteiger partial charge on any atom is -0.493 e. The number of amides is 1. The van der Waals surface area contributed by atoms with E-state index in [0.717, 1.165) is 0 Å². The molecule has 7 nitrogen and oxygen atoms in total. The van der Waals surface area contributed by atoms with Gasteiger partial charge in [-0.25, -0.2) is 0 Å². The van der Waals surface area contributed by atoms with E-state index in [2.05, 4.69) is 5.32 Å². The van der Waals surface area contributed by atoms with Crippen LogP contribution in [0.2, 0.25) is 0 Å². The number of carbonyl (C=O) groups is 2. The number of fused-ring (bicyclic) bond motifs is 2. The first kappa shape index (κ1) is 15.4. The summed E-state index contributed by atoms with van der Waals surface area (Å²) in [7, 11) is 3.02. The third kappa shape index (κ3) is 2.63. The maximum Gasteiger partial charge on any atom is 0.310 e. The molecule has 7 heteroatoms. The Kier molecular flexibility index (Phi) is 3.96. The maximum absolute atomic E-state index is 12.5. The number of ether oxygens (including phenoxy) is 3. The molecule has 0 radical (unpaired) electrons. The Morgan fingerprint density at radius 1 is 1.09 bits per heavy atom. The van der Waals surface area contributed by atoms with Gasteiger partial charge in [-0.05, 0) is 12.1 Å². The van der Waals surface area contributed by atoms with Gasteiger partial charge in [0.25, 0.3) is 0 Å². The van der Waals surface area contributed by atoms with E-state index in [1.165, 1.54) is 14.2 Å². The van der Waals surface area contributed by atoms with Crippen LogP contribution in [0.15, 0.2) is 30.4 Å². The molecule has 23 heavy (non-hydrogen) atoms. The predicted octanol–water partition coefficient (Wildman–Crippen LogP) is 1.30. The molecule has 2 aliphatic heterocycles. The quantitative estimate of drug-likeness (QED) is 0.795. The number of carboxylic acid groups (broad SMARTS) is 1. The Labute approximate surface area is 132 Å². The van der Waals surface area contributed by atoms with Gasteiger partial charge in [0.2, 0.25) is 5.91 Å². The highest BCUT2D eigenvalue weighted by atomic mass is 16.5. The minimum absolute atomic E-state index is 0.388. The number of hydrogen-bond donors (Lipinski definition) is 2. The molecule has 2 N–H and O–H groups in total. The third-order valence-electron chi connectivity index (χ3n) is 4.14. The highest BCUT2D eigenvalue weighted by Gasteiger charge is 2.53. The van der Waals surface area contributed by atoms with E-state index in [-0.39, 0.29) is 5.91 Å². The number of benzene rings is 1. The molecule has 1 aromatic rings. The van der Waals surface area contributed by atoms with E-state index < -0.39 is 30.0 Å². The molecule has 0 unspecified atom stereocenters. The lowest BCUT2D eigenvalue weighted by atomic mass is 9.82. The fourth-order valence-corrected chi connectivity index (χ4v) is 3.05. The van der Waals surface area contributed by atoms with Gasteiger partial charge in [0.05, 0.1) is 32.3 Å². The summed E-state index contributed by atoms with van der Waals surface area (Å²) in [4.78, 5) is 23.9. The topological polar surface area (TPSA) is 94.1 Å². The van der Waals surface area contributed by atoms with Crippen molar-refractivity contribution in [3.8, 4) is 11.5 Å². The molecular weight excluding hydrogens is 302 g/mol. The van der Waals surface area contributed by atoms with E-state index in [1.807, 2.05) is 0 Å². The summed E-state index contributed by atoms with van der Waals surface area (Å²) in [6.45, 7) is 0. The van der Waals surface area contributed by atoms with Crippen molar-refractivity contribution >= 4 is 17.6 Å². The van der Waals surface area contributed by atoms with Crippen LogP contribution in [0.3, 0.4) is 0 Å². The van der Waals surface area contributed by atoms with Crippen LogP contribution in [-0.4, -0.2) is 43.4 Å². The highest BCUT2D eigenvalue weighted by molar-refractivity contribution is 5.96. The molecule has 0 aliphatic carbocycles. The van der Waals surface area contributed by atoms with E-state index in [9.17, 15) is 14.7 Å². The largest absolute Gasteiger partial charge is 0.493 e. The Bertz CT molecular complexity index is 671. The molecule has 0 saturated carbocycles. The number of aliphatic carboxylic acids is 1. The van der Waals surface area contributed by atoms with Gasteiger partial charge in [-0.2, -0.15) is 0 Å². The summed E-state index contributed by atoms with van der Waals surface area (Å²) < 4.78 is 15.8. The van der Waals surface area contributed by atoms with E-state index in [1.54, 1.807) is 30.4 Å². The molecule has 2 aliphatic rings. The summed E-state index contributed by atoms with van der Waals surface area (Å²) in [5.74, 6) is -2.03. The average molecular weight is 319 g/mol. The highest BCUT2D eigenvalue weighted by Crippen LogP contribution is 2.40. The molecule has 122 valence electrons. The number of hydrogen-bond acceptors (Lipinski definition) is 5. The van der Waals surface area contributed by atoms with Crippen molar-refractivity contribution in [3.05, 3.63) is 30.4 Å². The molecule has 0 spiro atoms. The predicted molar refractivity (Wildman–Crippen MR) is 80.6 cm³/mol.